The molecule has 3 heterocycles. The molecular formula is C22H25I2N2O6P. The van der Waals surface area contributed by atoms with Crippen molar-refractivity contribution < 1.29 is 28.1 Å². The predicted molar refractivity (Wildman–Crippen MR) is 146 cm³/mol. The molecule has 2 aromatic rings. The van der Waals surface area contributed by atoms with Crippen LogP contribution in [-0.4, -0.2) is 38.8 Å². The summed E-state index contributed by atoms with van der Waals surface area (Å²) in [4.78, 5) is 17.9. The number of phosphoric ester groups is 1. The quantitative estimate of drug-likeness (QED) is 0.162. The molecule has 0 unspecified atom stereocenters. The van der Waals surface area contributed by atoms with Crippen molar-refractivity contribution in [2.75, 3.05) is 20.3 Å². The van der Waals surface area contributed by atoms with E-state index in [2.05, 4.69) is 35.5 Å². The Morgan fingerprint density at radius 3 is 2.67 bits per heavy atom. The Morgan fingerprint density at radius 1 is 1.21 bits per heavy atom. The summed E-state index contributed by atoms with van der Waals surface area (Å²) in [6.07, 6.45) is 7.53. The van der Waals surface area contributed by atoms with Crippen molar-refractivity contribution in [2.45, 2.75) is 12.8 Å². The summed E-state index contributed by atoms with van der Waals surface area (Å²) >= 11 is -2.24. The predicted octanol–water partition coefficient (Wildman–Crippen LogP) is 4.27. The first-order valence-corrected chi connectivity index (χ1v) is 18.5. The van der Waals surface area contributed by atoms with Gasteiger partial charge in [-0.3, -0.25) is 0 Å². The standard InChI is InChI=1S/C22H25I2N2O6P/c25-22-20(2-1-8-24(14-23-22)15-31-33(27,28)29)21-12-19(26-32-21)11-17-5-3-16(4-6-17)10-18-7-9-30-13-18/h1-8,12H,9-11,13-15,25H2,(H2,27,28,29)/b8-1-,20-2-. The Hall–Kier alpha value is -0.990. The van der Waals surface area contributed by atoms with E-state index >= 15 is 0 Å². The van der Waals surface area contributed by atoms with Gasteiger partial charge in [0.15, 0.2) is 0 Å². The maximum absolute atomic E-state index is 11.0. The monoisotopic (exact) mass is 698 g/mol. The molecule has 1 aromatic heterocycles. The average Bonchev–Trinajstić information content (AvgIpc) is 3.44. The summed E-state index contributed by atoms with van der Waals surface area (Å²) in [6, 6.07) is 10.5. The number of allylic oxidation sites excluding steroid dienone is 2. The summed E-state index contributed by atoms with van der Waals surface area (Å²) in [6.45, 7) is 1.44. The van der Waals surface area contributed by atoms with E-state index in [1.807, 2.05) is 22.3 Å². The van der Waals surface area contributed by atoms with Gasteiger partial charge in [0.05, 0.1) is 13.2 Å². The Kier molecular flexibility index (Phi) is 8.85. The molecule has 0 saturated carbocycles. The molecule has 0 aliphatic carbocycles. The second-order valence-electron chi connectivity index (χ2n) is 7.44. The van der Waals surface area contributed by atoms with E-state index in [-0.39, 0.29) is 4.61 Å². The van der Waals surface area contributed by atoms with Crippen LogP contribution in [0.4, 0.5) is 0 Å². The second kappa shape index (κ2) is 11.6. The van der Waals surface area contributed by atoms with Gasteiger partial charge < -0.3 is 4.74 Å². The van der Waals surface area contributed by atoms with Crippen LogP contribution >= 0.6 is 48.4 Å². The summed E-state index contributed by atoms with van der Waals surface area (Å²) in [5.74, 6) is 0.644. The number of benzene rings is 1. The van der Waals surface area contributed by atoms with Crippen LogP contribution in [0.3, 0.4) is 0 Å². The maximum atomic E-state index is 11.0. The first-order chi connectivity index (χ1) is 15.9. The van der Waals surface area contributed by atoms with Crippen LogP contribution in [0.1, 0.15) is 22.6 Å². The molecule has 4 rings (SSSR count). The van der Waals surface area contributed by atoms with Crippen LogP contribution in [0.2, 0.25) is 0 Å². The fourth-order valence-corrected chi connectivity index (χ4v) is 15.5. The minimum absolute atomic E-state index is 0.123. The number of ether oxygens (including phenoxy) is 1. The van der Waals surface area contributed by atoms with Gasteiger partial charge in [-0.05, 0) is 12.0 Å². The molecule has 2 aliphatic heterocycles. The van der Waals surface area contributed by atoms with Crippen molar-refractivity contribution in [3.05, 3.63) is 80.8 Å². The van der Waals surface area contributed by atoms with E-state index in [9.17, 15) is 4.57 Å². The van der Waals surface area contributed by atoms with E-state index in [1.54, 1.807) is 0 Å². The van der Waals surface area contributed by atoms with E-state index < -0.39 is 48.4 Å². The molecule has 0 saturated heterocycles. The molecule has 0 amide bonds. The molecule has 4 N–H and O–H groups in total. The molecule has 11 heteroatoms. The molecule has 1 aromatic carbocycles. The summed E-state index contributed by atoms with van der Waals surface area (Å²) in [7, 11) is -4.44. The summed E-state index contributed by atoms with van der Waals surface area (Å²) in [5.41, 5.74) is 11.8. The summed E-state index contributed by atoms with van der Waals surface area (Å²) < 4.78 is 30.5. The third-order valence-corrected chi connectivity index (χ3v) is 17.7. The molecule has 33 heavy (non-hydrogen) atoms. The third-order valence-electron chi connectivity index (χ3n) is 4.89. The first-order valence-electron chi connectivity index (χ1n) is 10.1. The van der Waals surface area contributed by atoms with Gasteiger partial charge >= 0.3 is 174 Å². The van der Waals surface area contributed by atoms with Gasteiger partial charge in [-0.2, -0.15) is 0 Å². The van der Waals surface area contributed by atoms with E-state index in [0.717, 1.165) is 35.9 Å². The van der Waals surface area contributed by atoms with Crippen molar-refractivity contribution >= 4 is 57.6 Å². The number of aromatic nitrogens is 1. The van der Waals surface area contributed by atoms with Gasteiger partial charge in [-0.1, -0.05) is 6.08 Å². The molecular weight excluding hydrogens is 673 g/mol. The van der Waals surface area contributed by atoms with Crippen molar-refractivity contribution in [3.8, 4) is 0 Å². The average molecular weight is 698 g/mol. The summed E-state index contributed by atoms with van der Waals surface area (Å²) in [5, 5.41) is 4.23. The van der Waals surface area contributed by atoms with Crippen molar-refractivity contribution in [1.29, 1.82) is 0 Å². The zero-order valence-corrected chi connectivity index (χ0v) is 22.9. The number of halogens is 2. The molecule has 2 aliphatic rings. The first kappa shape index (κ1) is 25.1. The van der Waals surface area contributed by atoms with Crippen molar-refractivity contribution in [1.82, 2.24) is 5.16 Å². The zero-order valence-electron chi connectivity index (χ0n) is 17.7. The van der Waals surface area contributed by atoms with E-state index in [4.69, 9.17) is 29.3 Å². The number of rotatable bonds is 8. The molecule has 0 atom stereocenters. The van der Waals surface area contributed by atoms with Crippen LogP contribution in [0.5, 0.6) is 0 Å². The molecule has 0 fully saturated rings. The number of alkyl halides is 3. The fourth-order valence-electron chi connectivity index (χ4n) is 3.25. The van der Waals surface area contributed by atoms with Crippen LogP contribution in [0.25, 0.3) is 5.57 Å². The van der Waals surface area contributed by atoms with E-state index in [0.29, 0.717) is 18.8 Å². The van der Waals surface area contributed by atoms with Crippen molar-refractivity contribution in [3.63, 3.8) is 0 Å². The third kappa shape index (κ3) is 7.76. The Balaban J connectivity index is 1.39. The molecule has 8 nitrogen and oxygen atoms in total. The molecule has 178 valence electrons. The molecule has 0 bridgehead atoms. The Bertz CT molecular complexity index is 1150. The number of hydrogen-bond donors (Lipinski definition) is 3. The number of nitrogens with two attached hydrogens (primary N) is 1. The van der Waals surface area contributed by atoms with Gasteiger partial charge in [0, 0.05) is 0 Å². The van der Waals surface area contributed by atoms with Crippen LogP contribution in [-0.2, 0) is 26.7 Å². The van der Waals surface area contributed by atoms with Gasteiger partial charge in [-0.25, -0.2) is 0 Å². The van der Waals surface area contributed by atoms with Gasteiger partial charge in [-0.15, -0.1) is 0 Å². The van der Waals surface area contributed by atoms with Crippen molar-refractivity contribution in [2.24, 2.45) is 5.73 Å². The van der Waals surface area contributed by atoms with Gasteiger partial charge in [0.2, 0.25) is 0 Å². The number of phosphoric acid groups is 1. The Labute approximate surface area is 209 Å². The van der Waals surface area contributed by atoms with Crippen LogP contribution in [0, 0.1) is 0 Å². The fraction of sp³-hybridized carbons (Fsp3) is 0.273. The van der Waals surface area contributed by atoms with E-state index in [1.165, 1.54) is 11.1 Å². The molecule has 0 radical (unpaired) electrons. The van der Waals surface area contributed by atoms with Gasteiger partial charge in [0.1, 0.15) is 0 Å². The minimum atomic E-state index is -4.44. The SMILES string of the molecule is NC1=ICI(COP(=O)(O)O)/C=C\C=C/1c1cc(Cc2ccc(CC3=CCOC3)cc2)no1. The number of hydrogen-bond acceptors (Lipinski definition) is 6. The van der Waals surface area contributed by atoms with Gasteiger partial charge in [0.25, 0.3) is 0 Å². The van der Waals surface area contributed by atoms with Crippen LogP contribution < -0.4 is 5.73 Å². The molecule has 0 spiro atoms. The van der Waals surface area contributed by atoms with Crippen LogP contribution in [0.15, 0.2) is 62.7 Å². The normalized spacial score (nSPS) is 20.7. The Morgan fingerprint density at radius 2 is 1.97 bits per heavy atom. The topological polar surface area (TPSA) is 128 Å². The number of nitrogens with zero attached hydrogens (tertiary/aromatic N) is 1. The second-order valence-corrected chi connectivity index (χ2v) is 19.2. The zero-order chi connectivity index (χ0) is 23.3.